The molecule has 1 aliphatic carbocycles. The standard InChI is InChI=1S/C16H21N3/c1-19(2)11-10-17-16-12-6-3-4-8-14(12)18-15-9-5-7-13(15)16/h3-4,6,8H,5,7,9-11H2,1-2H3,(H,17,18)/p+2. The van der Waals surface area contributed by atoms with Gasteiger partial charge >= 0.3 is 0 Å². The minimum atomic E-state index is 1.03. The summed E-state index contributed by atoms with van der Waals surface area (Å²) in [6.45, 7) is 2.17. The highest BCUT2D eigenvalue weighted by Crippen LogP contribution is 2.31. The summed E-state index contributed by atoms with van der Waals surface area (Å²) in [6, 6.07) is 8.62. The first-order chi connectivity index (χ1) is 9.25. The number of para-hydroxylation sites is 1. The highest BCUT2D eigenvalue weighted by atomic mass is 15.1. The number of fused-ring (bicyclic) bond motifs is 2. The Morgan fingerprint density at radius 1 is 1.21 bits per heavy atom. The van der Waals surface area contributed by atoms with E-state index in [0.29, 0.717) is 0 Å². The van der Waals surface area contributed by atoms with Crippen molar-refractivity contribution in [2.24, 2.45) is 0 Å². The van der Waals surface area contributed by atoms with Gasteiger partial charge in [-0.05, 0) is 18.9 Å². The molecule has 0 bridgehead atoms. The van der Waals surface area contributed by atoms with Crippen molar-refractivity contribution in [3.63, 3.8) is 0 Å². The number of quaternary nitrogens is 1. The van der Waals surface area contributed by atoms with E-state index in [2.05, 4.69) is 48.7 Å². The van der Waals surface area contributed by atoms with Crippen molar-refractivity contribution in [3.8, 4) is 0 Å². The largest absolute Gasteiger partial charge is 0.378 e. The third-order valence-corrected chi connectivity index (χ3v) is 3.93. The number of nitrogens with one attached hydrogen (secondary N) is 3. The second-order valence-corrected chi connectivity index (χ2v) is 5.74. The van der Waals surface area contributed by atoms with Crippen molar-refractivity contribution in [2.75, 3.05) is 32.5 Å². The van der Waals surface area contributed by atoms with Crippen LogP contribution in [-0.4, -0.2) is 27.2 Å². The maximum Gasteiger partial charge on any atom is 0.213 e. The quantitative estimate of drug-likeness (QED) is 0.830. The second-order valence-electron chi connectivity index (χ2n) is 5.74. The number of benzene rings is 1. The van der Waals surface area contributed by atoms with E-state index in [1.165, 1.54) is 52.0 Å². The lowest BCUT2D eigenvalue weighted by atomic mass is 10.1. The van der Waals surface area contributed by atoms with E-state index in [-0.39, 0.29) is 0 Å². The Morgan fingerprint density at radius 3 is 2.89 bits per heavy atom. The van der Waals surface area contributed by atoms with E-state index >= 15 is 0 Å². The summed E-state index contributed by atoms with van der Waals surface area (Å²) in [4.78, 5) is 5.08. The Morgan fingerprint density at radius 2 is 2.05 bits per heavy atom. The SMILES string of the molecule is C[NH+](C)CCNc1c2c([nH+]c3ccccc13)CCC2. The van der Waals surface area contributed by atoms with Crippen molar-refractivity contribution >= 4 is 16.6 Å². The van der Waals surface area contributed by atoms with E-state index in [0.717, 1.165) is 13.1 Å². The summed E-state index contributed by atoms with van der Waals surface area (Å²) in [5.74, 6) is 0. The first-order valence-electron chi connectivity index (χ1n) is 7.24. The maximum absolute atomic E-state index is 3.68. The zero-order chi connectivity index (χ0) is 13.2. The van der Waals surface area contributed by atoms with Gasteiger partial charge in [0.05, 0.1) is 38.3 Å². The molecular formula is C16H23N3+2. The molecular weight excluding hydrogens is 234 g/mol. The van der Waals surface area contributed by atoms with Crippen LogP contribution >= 0.6 is 0 Å². The van der Waals surface area contributed by atoms with Gasteiger partial charge in [-0.3, -0.25) is 0 Å². The molecule has 0 saturated heterocycles. The zero-order valence-corrected chi connectivity index (χ0v) is 11.8. The molecule has 3 nitrogen and oxygen atoms in total. The molecule has 0 radical (unpaired) electrons. The van der Waals surface area contributed by atoms with E-state index < -0.39 is 0 Å². The zero-order valence-electron chi connectivity index (χ0n) is 11.8. The third kappa shape index (κ3) is 2.43. The van der Waals surface area contributed by atoms with Gasteiger partial charge < -0.3 is 10.2 Å². The number of H-pyrrole nitrogens is 1. The van der Waals surface area contributed by atoms with Crippen LogP contribution in [0.2, 0.25) is 0 Å². The number of pyridine rings is 1. The molecule has 0 saturated carbocycles. The summed E-state index contributed by atoms with van der Waals surface area (Å²) in [5, 5.41) is 5.01. The van der Waals surface area contributed by atoms with Crippen molar-refractivity contribution < 1.29 is 9.88 Å². The van der Waals surface area contributed by atoms with E-state index in [1.807, 2.05) is 0 Å². The summed E-state index contributed by atoms with van der Waals surface area (Å²) < 4.78 is 0. The van der Waals surface area contributed by atoms with Gasteiger partial charge in [-0.15, -0.1) is 0 Å². The minimum Gasteiger partial charge on any atom is -0.378 e. The molecule has 0 aliphatic heterocycles. The van der Waals surface area contributed by atoms with Gasteiger partial charge in [-0.1, -0.05) is 12.1 Å². The summed E-state index contributed by atoms with van der Waals surface area (Å²) >= 11 is 0. The van der Waals surface area contributed by atoms with Crippen LogP contribution in [0.4, 0.5) is 5.69 Å². The molecule has 1 aromatic heterocycles. The molecule has 0 spiro atoms. The number of aromatic amines is 1. The Hall–Kier alpha value is -1.61. The molecule has 0 amide bonds. The Kier molecular flexibility index (Phi) is 3.38. The summed E-state index contributed by atoms with van der Waals surface area (Å²) in [7, 11) is 4.39. The van der Waals surface area contributed by atoms with E-state index in [4.69, 9.17) is 0 Å². The first kappa shape index (κ1) is 12.4. The number of hydrogen-bond donors (Lipinski definition) is 2. The van der Waals surface area contributed by atoms with E-state index in [9.17, 15) is 0 Å². The van der Waals surface area contributed by atoms with Crippen LogP contribution in [0.5, 0.6) is 0 Å². The number of hydrogen-bond acceptors (Lipinski definition) is 1. The van der Waals surface area contributed by atoms with Crippen molar-refractivity contribution in [2.45, 2.75) is 19.3 Å². The van der Waals surface area contributed by atoms with Gasteiger partial charge in [-0.2, -0.15) is 0 Å². The average Bonchev–Trinajstić information content (AvgIpc) is 2.85. The van der Waals surface area contributed by atoms with Crippen molar-refractivity contribution in [1.29, 1.82) is 0 Å². The molecule has 0 atom stereocenters. The number of aryl methyl sites for hydroxylation is 1. The Labute approximate surface area is 114 Å². The van der Waals surface area contributed by atoms with E-state index in [1.54, 1.807) is 0 Å². The van der Waals surface area contributed by atoms with Crippen molar-refractivity contribution in [3.05, 3.63) is 35.5 Å². The van der Waals surface area contributed by atoms with Crippen LogP contribution in [0.25, 0.3) is 10.9 Å². The monoisotopic (exact) mass is 257 g/mol. The van der Waals surface area contributed by atoms with Crippen LogP contribution in [-0.2, 0) is 12.8 Å². The highest BCUT2D eigenvalue weighted by Gasteiger charge is 2.24. The fourth-order valence-electron chi connectivity index (χ4n) is 2.93. The molecule has 3 rings (SSSR count). The molecule has 19 heavy (non-hydrogen) atoms. The highest BCUT2D eigenvalue weighted by molar-refractivity contribution is 5.91. The number of rotatable bonds is 4. The minimum absolute atomic E-state index is 1.03. The van der Waals surface area contributed by atoms with Crippen LogP contribution in [0, 0.1) is 0 Å². The first-order valence-corrected chi connectivity index (χ1v) is 7.24. The second kappa shape index (κ2) is 5.17. The number of aromatic nitrogens is 1. The number of anilines is 1. The molecule has 3 heteroatoms. The van der Waals surface area contributed by atoms with Crippen LogP contribution < -0.4 is 15.2 Å². The fraction of sp³-hybridized carbons (Fsp3) is 0.438. The Balaban J connectivity index is 2.00. The average molecular weight is 257 g/mol. The van der Waals surface area contributed by atoms with Gasteiger partial charge in [0.15, 0.2) is 5.69 Å². The molecule has 1 aromatic carbocycles. The van der Waals surface area contributed by atoms with Gasteiger partial charge in [-0.25, -0.2) is 4.98 Å². The smallest absolute Gasteiger partial charge is 0.213 e. The van der Waals surface area contributed by atoms with Crippen LogP contribution in [0.1, 0.15) is 17.7 Å². The third-order valence-electron chi connectivity index (χ3n) is 3.93. The van der Waals surface area contributed by atoms with Gasteiger partial charge in [0, 0.05) is 18.1 Å². The molecule has 1 heterocycles. The molecule has 0 unspecified atom stereocenters. The maximum atomic E-state index is 3.68. The summed E-state index contributed by atoms with van der Waals surface area (Å²) in [5.41, 5.74) is 5.55. The molecule has 100 valence electrons. The normalized spacial score (nSPS) is 14.1. The van der Waals surface area contributed by atoms with Gasteiger partial charge in [0.1, 0.15) is 0 Å². The van der Waals surface area contributed by atoms with Gasteiger partial charge in [0.25, 0.3) is 0 Å². The lowest BCUT2D eigenvalue weighted by Crippen LogP contribution is -3.06. The van der Waals surface area contributed by atoms with Crippen molar-refractivity contribution in [1.82, 2.24) is 0 Å². The molecule has 0 fully saturated rings. The predicted octanol–water partition coefficient (Wildman–Crippen LogP) is 0.699. The molecule has 3 N–H and O–H groups in total. The summed E-state index contributed by atoms with van der Waals surface area (Å²) in [6.07, 6.45) is 3.66. The van der Waals surface area contributed by atoms with Crippen LogP contribution in [0.3, 0.4) is 0 Å². The Bertz CT molecular complexity index is 590. The molecule has 2 aromatic rings. The lowest BCUT2D eigenvalue weighted by Gasteiger charge is -2.13. The van der Waals surface area contributed by atoms with Gasteiger partial charge in [0.2, 0.25) is 5.52 Å². The molecule has 1 aliphatic rings. The predicted molar refractivity (Wildman–Crippen MR) is 78.7 cm³/mol. The van der Waals surface area contributed by atoms with Crippen LogP contribution in [0.15, 0.2) is 24.3 Å². The number of likely N-dealkylation sites (N-methyl/N-ethyl adjacent to an activating group) is 1. The fourth-order valence-corrected chi connectivity index (χ4v) is 2.93. The topological polar surface area (TPSA) is 30.6 Å². The lowest BCUT2D eigenvalue weighted by molar-refractivity contribution is -0.856.